The van der Waals surface area contributed by atoms with Crippen molar-refractivity contribution >= 4 is 0 Å². The van der Waals surface area contributed by atoms with E-state index in [9.17, 15) is 0 Å². The van der Waals surface area contributed by atoms with Crippen LogP contribution in [0, 0.1) is 0 Å². The lowest BCUT2D eigenvalue weighted by Crippen LogP contribution is -1.80. The highest BCUT2D eigenvalue weighted by molar-refractivity contribution is 5.37. The molecule has 1 aromatic rings. The Labute approximate surface area is 53.7 Å². The Balaban J connectivity index is 3.01. The SMILES string of the molecule is CO[13c]1[13cH][13cH][13cH][13cH][13c]1O. The minimum Gasteiger partial charge on any atom is -0.504 e. The Morgan fingerprint density at radius 1 is 1.33 bits per heavy atom. The summed E-state index contributed by atoms with van der Waals surface area (Å²) in [5.41, 5.74) is 0. The predicted molar refractivity (Wildman–Crippen MR) is 34.7 cm³/mol. The maximum atomic E-state index is 8.99. The van der Waals surface area contributed by atoms with Crippen LogP contribution in [-0.2, 0) is 0 Å². The van der Waals surface area contributed by atoms with E-state index in [1.807, 2.05) is 0 Å². The maximum Gasteiger partial charge on any atom is 0.160 e. The summed E-state index contributed by atoms with van der Waals surface area (Å²) in [5.74, 6) is 0.692. The smallest absolute Gasteiger partial charge is 0.160 e. The van der Waals surface area contributed by atoms with Crippen molar-refractivity contribution in [3.63, 3.8) is 0 Å². The highest BCUT2D eigenvalue weighted by atomic mass is 16.6. The van der Waals surface area contributed by atoms with Gasteiger partial charge in [-0.25, -0.2) is 0 Å². The number of rotatable bonds is 1. The number of phenolic OH excluding ortho intramolecular Hbond substituents is 1. The van der Waals surface area contributed by atoms with Crippen LogP contribution in [0.1, 0.15) is 0 Å². The van der Waals surface area contributed by atoms with Crippen molar-refractivity contribution in [3.8, 4) is 11.5 Å². The molecule has 2 nitrogen and oxygen atoms in total. The zero-order valence-electron chi connectivity index (χ0n) is 5.16. The Morgan fingerprint density at radius 3 is 2.44 bits per heavy atom. The van der Waals surface area contributed by atoms with Gasteiger partial charge in [0.25, 0.3) is 0 Å². The number of hydrogen-bond donors (Lipinski definition) is 1. The fraction of sp³-hybridized carbons (Fsp3) is 0.143. The third kappa shape index (κ3) is 1.13. The fourth-order valence-electron chi connectivity index (χ4n) is 0.630. The zero-order valence-corrected chi connectivity index (χ0v) is 5.16. The van der Waals surface area contributed by atoms with Crippen molar-refractivity contribution in [1.82, 2.24) is 0 Å². The number of benzene rings is 1. The molecule has 0 aliphatic rings. The fourth-order valence-corrected chi connectivity index (χ4v) is 0.630. The first-order valence-electron chi connectivity index (χ1n) is 2.66. The molecule has 0 fully saturated rings. The Hall–Kier alpha value is -1.18. The summed E-state index contributed by atoms with van der Waals surface area (Å²) in [6.07, 6.45) is 0. The van der Waals surface area contributed by atoms with E-state index in [1.54, 1.807) is 24.3 Å². The average Bonchev–Trinajstić information content (AvgIpc) is 1.89. The molecule has 1 rings (SSSR count). The van der Waals surface area contributed by atoms with Crippen molar-refractivity contribution in [2.45, 2.75) is 0 Å². The summed E-state index contributed by atoms with van der Waals surface area (Å²) in [6, 6.07) is 6.84. The number of methoxy groups -OCH3 is 1. The molecule has 0 spiro atoms. The Bertz CT molecular complexity index is 196. The van der Waals surface area contributed by atoms with E-state index in [2.05, 4.69) is 0 Å². The van der Waals surface area contributed by atoms with Crippen molar-refractivity contribution < 1.29 is 9.84 Å². The van der Waals surface area contributed by atoms with Gasteiger partial charge in [0.15, 0.2) is 11.5 Å². The standard InChI is InChI=1S/C7H8O2/c1-9-7-5-3-2-4-6(7)8/h2-5,8H,1H3/i2+1,3+1,4+1,5+1,6+1,7+1. The van der Waals surface area contributed by atoms with Gasteiger partial charge in [0.2, 0.25) is 0 Å². The second-order valence-electron chi connectivity index (χ2n) is 1.67. The van der Waals surface area contributed by atoms with Gasteiger partial charge in [-0.05, 0) is 12.1 Å². The van der Waals surface area contributed by atoms with Crippen molar-refractivity contribution in [1.29, 1.82) is 0 Å². The van der Waals surface area contributed by atoms with E-state index in [-0.39, 0.29) is 5.75 Å². The molecule has 0 aromatic heterocycles. The van der Waals surface area contributed by atoms with Gasteiger partial charge in [-0.1, -0.05) is 12.1 Å². The normalized spacial score (nSPS) is 9.00. The largest absolute Gasteiger partial charge is 0.504 e. The van der Waals surface area contributed by atoms with Gasteiger partial charge in [0.1, 0.15) is 0 Å². The third-order valence-electron chi connectivity index (χ3n) is 1.09. The maximum absolute atomic E-state index is 8.99. The average molecular weight is 130 g/mol. The topological polar surface area (TPSA) is 29.5 Å². The number of aromatic hydroxyl groups is 1. The molecule has 0 bridgehead atoms. The quantitative estimate of drug-likeness (QED) is 0.622. The van der Waals surface area contributed by atoms with Crippen LogP contribution in [0.25, 0.3) is 0 Å². The van der Waals surface area contributed by atoms with Crippen LogP contribution in [0.3, 0.4) is 0 Å². The molecule has 0 aliphatic carbocycles. The van der Waals surface area contributed by atoms with Crippen molar-refractivity contribution in [3.05, 3.63) is 24.3 Å². The van der Waals surface area contributed by atoms with Crippen LogP contribution >= 0.6 is 0 Å². The second-order valence-corrected chi connectivity index (χ2v) is 1.67. The number of phenols is 1. The number of ether oxygens (including phenoxy) is 1. The lowest BCUT2D eigenvalue weighted by Gasteiger charge is -1.99. The Kier molecular flexibility index (Phi) is 1.58. The highest BCUT2D eigenvalue weighted by Gasteiger charge is 1.94. The molecule has 0 aliphatic heterocycles. The van der Waals surface area contributed by atoms with Gasteiger partial charge in [0.05, 0.1) is 7.11 Å². The van der Waals surface area contributed by atoms with Crippen LogP contribution in [0.4, 0.5) is 0 Å². The summed E-state index contributed by atoms with van der Waals surface area (Å²) in [6.45, 7) is 0. The minimum absolute atomic E-state index is 0.181. The van der Waals surface area contributed by atoms with E-state index in [0.717, 1.165) is 0 Å². The third-order valence-corrected chi connectivity index (χ3v) is 1.09. The molecule has 0 radical (unpaired) electrons. The van der Waals surface area contributed by atoms with E-state index in [1.165, 1.54) is 7.11 Å². The second kappa shape index (κ2) is 2.40. The van der Waals surface area contributed by atoms with Crippen molar-refractivity contribution in [2.24, 2.45) is 0 Å². The van der Waals surface area contributed by atoms with Crippen LogP contribution < -0.4 is 4.74 Å². The monoisotopic (exact) mass is 130 g/mol. The summed E-state index contributed by atoms with van der Waals surface area (Å²) in [5, 5.41) is 8.99. The number of hydrogen-bond acceptors (Lipinski definition) is 2. The zero-order chi connectivity index (χ0) is 6.69. The van der Waals surface area contributed by atoms with E-state index in [0.29, 0.717) is 5.75 Å². The molecule has 1 N–H and O–H groups in total. The molecule has 2 heteroatoms. The number of para-hydroxylation sites is 2. The van der Waals surface area contributed by atoms with Crippen LogP contribution in [0.2, 0.25) is 0 Å². The minimum atomic E-state index is 0.181. The summed E-state index contributed by atoms with van der Waals surface area (Å²) in [7, 11) is 1.52. The van der Waals surface area contributed by atoms with E-state index < -0.39 is 0 Å². The summed E-state index contributed by atoms with van der Waals surface area (Å²) in [4.78, 5) is 0. The summed E-state index contributed by atoms with van der Waals surface area (Å²) >= 11 is 0. The van der Waals surface area contributed by atoms with Gasteiger partial charge >= 0.3 is 0 Å². The molecule has 0 unspecified atom stereocenters. The molecule has 0 atom stereocenters. The first kappa shape index (κ1) is 5.95. The molecule has 0 saturated carbocycles. The van der Waals surface area contributed by atoms with Gasteiger partial charge in [0, 0.05) is 0 Å². The lowest BCUT2D eigenvalue weighted by atomic mass is 11.3. The first-order valence-corrected chi connectivity index (χ1v) is 2.66. The molecule has 1 aromatic carbocycles. The molecule has 48 valence electrons. The molecule has 0 heterocycles. The molecular weight excluding hydrogens is 122 g/mol. The first-order chi connectivity index (χ1) is 4.34. The molecule has 9 heavy (non-hydrogen) atoms. The summed E-state index contributed by atoms with van der Waals surface area (Å²) < 4.78 is 4.79. The van der Waals surface area contributed by atoms with E-state index in [4.69, 9.17) is 9.84 Å². The molecule has 0 amide bonds. The van der Waals surface area contributed by atoms with Gasteiger partial charge in [-0.15, -0.1) is 0 Å². The lowest BCUT2D eigenvalue weighted by molar-refractivity contribution is 0.373. The highest BCUT2D eigenvalue weighted by Crippen LogP contribution is 2.22. The van der Waals surface area contributed by atoms with E-state index >= 15 is 0 Å². The van der Waals surface area contributed by atoms with Crippen LogP contribution in [0.5, 0.6) is 11.5 Å². The van der Waals surface area contributed by atoms with Gasteiger partial charge in [-0.2, -0.15) is 0 Å². The Morgan fingerprint density at radius 2 is 2.00 bits per heavy atom. The van der Waals surface area contributed by atoms with Crippen LogP contribution in [0.15, 0.2) is 24.3 Å². The van der Waals surface area contributed by atoms with Crippen molar-refractivity contribution in [2.75, 3.05) is 7.11 Å². The molecule has 0 saturated heterocycles. The van der Waals surface area contributed by atoms with Crippen LogP contribution in [-0.4, -0.2) is 12.2 Å². The predicted octanol–water partition coefficient (Wildman–Crippen LogP) is 1.40. The van der Waals surface area contributed by atoms with Gasteiger partial charge in [-0.3, -0.25) is 0 Å². The molecular formula is C7H8O2. The van der Waals surface area contributed by atoms with Gasteiger partial charge < -0.3 is 9.84 Å².